The molecular weight excluding hydrogens is 492 g/mol. The van der Waals surface area contributed by atoms with Gasteiger partial charge in [-0.15, -0.1) is 0 Å². The van der Waals surface area contributed by atoms with Crippen LogP contribution in [0.1, 0.15) is 23.6 Å². The van der Waals surface area contributed by atoms with Crippen molar-refractivity contribution in [2.45, 2.75) is 38.3 Å². The molecule has 3 aliphatic rings. The third kappa shape index (κ3) is 4.38. The van der Waals surface area contributed by atoms with Gasteiger partial charge in [0.1, 0.15) is 6.17 Å². The van der Waals surface area contributed by atoms with E-state index in [1.54, 1.807) is 11.8 Å². The molecule has 0 bridgehead atoms. The summed E-state index contributed by atoms with van der Waals surface area (Å²) in [4.78, 5) is 14.7. The van der Waals surface area contributed by atoms with Crippen LogP contribution >= 0.6 is 0 Å². The number of rotatable bonds is 4. The van der Waals surface area contributed by atoms with Crippen LogP contribution in [0.5, 0.6) is 0 Å². The Bertz CT molecular complexity index is 1150. The second-order valence-corrected chi connectivity index (χ2v) is 9.34. The minimum atomic E-state index is -5.03. The van der Waals surface area contributed by atoms with E-state index in [9.17, 15) is 22.4 Å². The fourth-order valence-corrected chi connectivity index (χ4v) is 5.27. The maximum Gasteiger partial charge on any atom is 0.417 e. The predicted molar refractivity (Wildman–Crippen MR) is 120 cm³/mol. The Morgan fingerprint density at radius 2 is 1.97 bits per heavy atom. The summed E-state index contributed by atoms with van der Waals surface area (Å²) in [5.74, 6) is -3.10. The molecule has 2 amide bonds. The van der Waals surface area contributed by atoms with Crippen LogP contribution in [0.3, 0.4) is 0 Å². The zero-order valence-electron chi connectivity index (χ0n) is 19.8. The average Bonchev–Trinajstić information content (AvgIpc) is 3.45. The number of primary amides is 1. The van der Waals surface area contributed by atoms with E-state index in [0.29, 0.717) is 13.2 Å². The maximum atomic E-state index is 16.1. The van der Waals surface area contributed by atoms with Crippen LogP contribution in [0.25, 0.3) is 5.70 Å². The third-order valence-electron chi connectivity index (χ3n) is 7.02. The lowest BCUT2D eigenvalue weighted by molar-refractivity contribution is -0.138. The van der Waals surface area contributed by atoms with Crippen molar-refractivity contribution in [3.05, 3.63) is 45.7 Å². The maximum absolute atomic E-state index is 16.1. The molecule has 1 saturated carbocycles. The number of carbonyl (C=O) groups is 1. The lowest BCUT2D eigenvalue weighted by atomic mass is 9.91. The summed E-state index contributed by atoms with van der Waals surface area (Å²) in [6, 6.07) is -1.46. The molecule has 198 valence electrons. The minimum Gasteiger partial charge on any atom is -0.396 e. The number of urea groups is 1. The van der Waals surface area contributed by atoms with Gasteiger partial charge in [0.15, 0.2) is 11.6 Å². The number of allylic oxidation sites excluding steroid dienone is 1. The van der Waals surface area contributed by atoms with Gasteiger partial charge in [0.05, 0.1) is 41.4 Å². The van der Waals surface area contributed by atoms with Crippen molar-refractivity contribution in [1.82, 2.24) is 15.1 Å². The summed E-state index contributed by atoms with van der Waals surface area (Å²) >= 11 is 0. The molecule has 4 atom stereocenters. The Morgan fingerprint density at radius 3 is 2.58 bits per heavy atom. The Morgan fingerprint density at radius 1 is 1.31 bits per heavy atom. The van der Waals surface area contributed by atoms with Crippen LogP contribution in [-0.4, -0.2) is 67.4 Å². The molecule has 4 rings (SSSR count). The lowest BCUT2D eigenvalue weighted by Gasteiger charge is -2.38. The molecule has 1 unspecified atom stereocenters. The summed E-state index contributed by atoms with van der Waals surface area (Å²) in [6.45, 7) is 3.43. The molecule has 0 aromatic heterocycles. The van der Waals surface area contributed by atoms with Crippen molar-refractivity contribution in [1.29, 1.82) is 0 Å². The number of nitrogens with one attached hydrogen (secondary N) is 1. The van der Waals surface area contributed by atoms with Gasteiger partial charge in [-0.1, -0.05) is 0 Å². The highest BCUT2D eigenvalue weighted by atomic mass is 19.4. The van der Waals surface area contributed by atoms with Gasteiger partial charge in [-0.2, -0.15) is 13.2 Å². The number of aryl methyl sites for hydroxylation is 1. The molecule has 7 nitrogen and oxygen atoms in total. The van der Waals surface area contributed by atoms with Crippen LogP contribution in [-0.2, 0) is 10.9 Å². The van der Waals surface area contributed by atoms with E-state index < -0.39 is 75.9 Å². The van der Waals surface area contributed by atoms with E-state index in [-0.39, 0.29) is 24.6 Å². The number of halogens is 6. The average molecular weight is 519 g/mol. The summed E-state index contributed by atoms with van der Waals surface area (Å²) in [7, 11) is 1.30. The second kappa shape index (κ2) is 9.18. The number of nitrogens with two attached hydrogens (primary N) is 2. The van der Waals surface area contributed by atoms with Gasteiger partial charge in [0.25, 0.3) is 0 Å². The zero-order chi connectivity index (χ0) is 26.7. The van der Waals surface area contributed by atoms with Crippen molar-refractivity contribution in [3.63, 3.8) is 0 Å². The predicted octanol–water partition coefficient (Wildman–Crippen LogP) is 3.30. The summed E-state index contributed by atoms with van der Waals surface area (Å²) in [6.07, 6.45) is -6.17. The highest BCUT2D eigenvalue weighted by Crippen LogP contribution is 2.46. The van der Waals surface area contributed by atoms with Crippen molar-refractivity contribution in [3.8, 4) is 0 Å². The minimum absolute atomic E-state index is 0.199. The van der Waals surface area contributed by atoms with Crippen LogP contribution in [0.15, 0.2) is 23.2 Å². The normalized spacial score (nSPS) is 26.0. The highest BCUT2D eigenvalue weighted by molar-refractivity contribution is 5.81. The van der Waals surface area contributed by atoms with Crippen LogP contribution in [0.4, 0.5) is 36.8 Å². The molecule has 2 aliphatic heterocycles. The van der Waals surface area contributed by atoms with E-state index in [0.717, 1.165) is 17.9 Å². The number of anilines is 1. The Hall–Kier alpha value is -2.93. The first-order chi connectivity index (χ1) is 16.8. The molecule has 1 aromatic carbocycles. The van der Waals surface area contributed by atoms with E-state index in [2.05, 4.69) is 5.32 Å². The second-order valence-electron chi connectivity index (χ2n) is 9.34. The number of hydrogen-bond donors (Lipinski definition) is 3. The number of carbonyl (C=O) groups excluding carboxylic acids is 1. The molecule has 36 heavy (non-hydrogen) atoms. The van der Waals surface area contributed by atoms with E-state index in [1.807, 2.05) is 0 Å². The van der Waals surface area contributed by atoms with Crippen molar-refractivity contribution in [2.24, 2.45) is 11.7 Å². The lowest BCUT2D eigenvalue weighted by Crippen LogP contribution is -2.45. The van der Waals surface area contributed by atoms with Crippen molar-refractivity contribution >= 4 is 17.4 Å². The SMILES string of the molecule is Cc1cc(N)c(F)c(C2=C(F)C(NC(N)=O)=C(C(C)N3CCOC[C@H]4[C@H](F)[C@H]43)CN2C)c1C(F)(F)F. The largest absolute Gasteiger partial charge is 0.417 e. The topological polar surface area (TPSA) is 96.8 Å². The molecule has 5 N–H and O–H groups in total. The third-order valence-corrected chi connectivity index (χ3v) is 7.02. The number of likely N-dealkylation sites (N-methyl/N-ethyl adjacent to an activating group) is 1. The molecular formula is C23H27F6N5O2. The number of alkyl halides is 4. The zero-order valence-corrected chi connectivity index (χ0v) is 19.8. The summed E-state index contributed by atoms with van der Waals surface area (Å²) in [5, 5.41) is 2.16. The first-order valence-electron chi connectivity index (χ1n) is 11.3. The van der Waals surface area contributed by atoms with Gasteiger partial charge in [0.2, 0.25) is 0 Å². The van der Waals surface area contributed by atoms with E-state index >= 15 is 8.78 Å². The van der Waals surface area contributed by atoms with E-state index in [4.69, 9.17) is 16.2 Å². The van der Waals surface area contributed by atoms with Crippen molar-refractivity contribution in [2.75, 3.05) is 39.1 Å². The number of benzene rings is 1. The number of amides is 2. The Balaban J connectivity index is 1.91. The molecule has 0 radical (unpaired) electrons. The number of nitrogen functional groups attached to an aromatic ring is 1. The molecule has 13 heteroatoms. The molecule has 1 aromatic rings. The number of hydrogen-bond acceptors (Lipinski definition) is 5. The summed E-state index contributed by atoms with van der Waals surface area (Å²) < 4.78 is 93.0. The number of fused-ring (bicyclic) bond motifs is 1. The van der Waals surface area contributed by atoms with Gasteiger partial charge in [-0.3, -0.25) is 4.90 Å². The smallest absolute Gasteiger partial charge is 0.396 e. The quantitative estimate of drug-likeness (QED) is 0.419. The van der Waals surface area contributed by atoms with Gasteiger partial charge in [-0.05, 0) is 31.1 Å². The van der Waals surface area contributed by atoms with Gasteiger partial charge < -0.3 is 26.4 Å². The van der Waals surface area contributed by atoms with E-state index in [1.165, 1.54) is 7.05 Å². The van der Waals surface area contributed by atoms with Crippen LogP contribution < -0.4 is 16.8 Å². The fourth-order valence-electron chi connectivity index (χ4n) is 5.27. The standard InChI is InChI=1S/C23H27F6N5O2/c1-9-6-13(30)17(25)14(15(9)23(27,28)29)21-18(26)19(32-22(31)35)11(7-33(21)3)10(2)34-4-5-36-8-12-16(24)20(12)34/h6,10,12,16,20H,4-5,7-8,30H2,1-3H3,(H3,31,32,35)/t10?,12-,16-,20-/m0/s1. The first-order valence-corrected chi connectivity index (χ1v) is 11.3. The monoisotopic (exact) mass is 519 g/mol. The van der Waals surface area contributed by atoms with Crippen LogP contribution in [0, 0.1) is 18.7 Å². The number of ether oxygens (including phenoxy) is 1. The molecule has 1 saturated heterocycles. The molecule has 1 aliphatic carbocycles. The van der Waals surface area contributed by atoms with Crippen molar-refractivity contribution < 1.29 is 35.9 Å². The molecule has 2 fully saturated rings. The molecule has 2 heterocycles. The Labute approximate surface area is 203 Å². The van der Waals surface area contributed by atoms with Gasteiger partial charge in [0, 0.05) is 38.1 Å². The Kier molecular flexibility index (Phi) is 6.67. The first kappa shape index (κ1) is 26.1. The summed E-state index contributed by atoms with van der Waals surface area (Å²) in [5.41, 5.74) is 6.46. The number of nitrogens with zero attached hydrogens (tertiary/aromatic N) is 2. The van der Waals surface area contributed by atoms with Gasteiger partial charge >= 0.3 is 12.2 Å². The fraction of sp³-hybridized carbons (Fsp3) is 0.522. The molecule has 0 spiro atoms. The van der Waals surface area contributed by atoms with Gasteiger partial charge in [-0.25, -0.2) is 18.0 Å². The van der Waals surface area contributed by atoms with Crippen LogP contribution in [0.2, 0.25) is 0 Å². The highest BCUT2D eigenvalue weighted by Gasteiger charge is 2.57.